The fourth-order valence-corrected chi connectivity index (χ4v) is 2.73. The molecule has 0 bridgehead atoms. The number of hydrogen-bond acceptors (Lipinski definition) is 3. The van der Waals surface area contributed by atoms with Crippen molar-refractivity contribution in [2.75, 3.05) is 7.11 Å². The predicted molar refractivity (Wildman–Crippen MR) is 95.6 cm³/mol. The van der Waals surface area contributed by atoms with E-state index in [4.69, 9.17) is 4.74 Å². The number of rotatable bonds is 6. The van der Waals surface area contributed by atoms with Crippen molar-refractivity contribution in [3.8, 4) is 5.75 Å². The first-order valence-corrected chi connectivity index (χ1v) is 8.24. The topological polar surface area (TPSA) is 44.1 Å². The van der Waals surface area contributed by atoms with Crippen LogP contribution >= 0.6 is 0 Å². The van der Waals surface area contributed by atoms with Crippen LogP contribution in [0.4, 0.5) is 0 Å². The van der Waals surface area contributed by atoms with Crippen molar-refractivity contribution in [2.24, 2.45) is 5.92 Å². The number of ketones is 1. The van der Waals surface area contributed by atoms with E-state index >= 15 is 0 Å². The van der Waals surface area contributed by atoms with E-state index in [0.29, 0.717) is 17.2 Å². The minimum absolute atomic E-state index is 0.0472. The van der Waals surface area contributed by atoms with Gasteiger partial charge in [-0.2, -0.15) is 5.10 Å². The second-order valence-corrected chi connectivity index (χ2v) is 6.33. The Hall–Kier alpha value is -2.62. The first-order valence-electron chi connectivity index (χ1n) is 8.24. The molecule has 24 heavy (non-hydrogen) atoms. The van der Waals surface area contributed by atoms with E-state index in [1.165, 1.54) is 0 Å². The second kappa shape index (κ2) is 6.87. The Morgan fingerprint density at radius 3 is 2.58 bits per heavy atom. The van der Waals surface area contributed by atoms with E-state index in [-0.39, 0.29) is 5.78 Å². The van der Waals surface area contributed by atoms with E-state index in [1.54, 1.807) is 7.11 Å². The highest BCUT2D eigenvalue weighted by molar-refractivity contribution is 6.14. The van der Waals surface area contributed by atoms with Crippen LogP contribution in [-0.4, -0.2) is 22.7 Å². The normalized spacial score (nSPS) is 11.2. The van der Waals surface area contributed by atoms with Gasteiger partial charge in [-0.15, -0.1) is 0 Å². The van der Waals surface area contributed by atoms with Crippen molar-refractivity contribution in [2.45, 2.75) is 26.8 Å². The highest BCUT2D eigenvalue weighted by Gasteiger charge is 2.19. The van der Waals surface area contributed by atoms with E-state index in [1.807, 2.05) is 53.2 Å². The molecule has 0 spiro atoms. The molecule has 0 radical (unpaired) electrons. The third-order valence-electron chi connectivity index (χ3n) is 4.13. The standard InChI is InChI=1S/C20H22N2O2/c1-14(2)11-12-22-18-13-16(24-3)9-10-17(18)19(21-22)20(23)15-7-5-4-6-8-15/h4-10,13-14H,11-12H2,1-3H3. The van der Waals surface area contributed by atoms with Gasteiger partial charge in [-0.25, -0.2) is 0 Å². The van der Waals surface area contributed by atoms with Crippen molar-refractivity contribution in [3.05, 3.63) is 59.8 Å². The zero-order valence-corrected chi connectivity index (χ0v) is 14.3. The highest BCUT2D eigenvalue weighted by Crippen LogP contribution is 2.26. The molecule has 0 atom stereocenters. The molecule has 124 valence electrons. The molecular formula is C20H22N2O2. The van der Waals surface area contributed by atoms with Gasteiger partial charge in [-0.3, -0.25) is 9.48 Å². The van der Waals surface area contributed by atoms with Gasteiger partial charge in [0.1, 0.15) is 11.4 Å². The van der Waals surface area contributed by atoms with Crippen molar-refractivity contribution in [3.63, 3.8) is 0 Å². The van der Waals surface area contributed by atoms with Crippen molar-refractivity contribution >= 4 is 16.7 Å². The third kappa shape index (κ3) is 3.18. The van der Waals surface area contributed by atoms with Gasteiger partial charge in [0.25, 0.3) is 0 Å². The summed E-state index contributed by atoms with van der Waals surface area (Å²) in [6.07, 6.45) is 1.01. The van der Waals surface area contributed by atoms with E-state index in [9.17, 15) is 4.79 Å². The molecular weight excluding hydrogens is 300 g/mol. The summed E-state index contributed by atoms with van der Waals surface area (Å²) in [6.45, 7) is 5.15. The summed E-state index contributed by atoms with van der Waals surface area (Å²) < 4.78 is 7.26. The smallest absolute Gasteiger partial charge is 0.213 e. The van der Waals surface area contributed by atoms with E-state index in [2.05, 4.69) is 18.9 Å². The minimum atomic E-state index is -0.0472. The SMILES string of the molecule is COc1ccc2c(C(=O)c3ccccc3)nn(CCC(C)C)c2c1. The number of benzene rings is 2. The third-order valence-corrected chi connectivity index (χ3v) is 4.13. The van der Waals surface area contributed by atoms with Crippen molar-refractivity contribution in [1.82, 2.24) is 9.78 Å². The number of carbonyl (C=O) groups is 1. The Bertz CT molecular complexity index is 851. The Labute approximate surface area is 142 Å². The van der Waals surface area contributed by atoms with E-state index < -0.39 is 0 Å². The Morgan fingerprint density at radius 1 is 1.17 bits per heavy atom. The molecule has 0 unspecified atom stereocenters. The lowest BCUT2D eigenvalue weighted by molar-refractivity contribution is 0.103. The van der Waals surface area contributed by atoms with Gasteiger partial charge in [-0.1, -0.05) is 44.2 Å². The van der Waals surface area contributed by atoms with Gasteiger partial charge in [0.2, 0.25) is 5.78 Å². The molecule has 2 aromatic carbocycles. The van der Waals surface area contributed by atoms with Crippen molar-refractivity contribution < 1.29 is 9.53 Å². The molecule has 4 heteroatoms. The predicted octanol–water partition coefficient (Wildman–Crippen LogP) is 4.32. The van der Waals surface area contributed by atoms with Crippen LogP contribution in [0.5, 0.6) is 5.75 Å². The summed E-state index contributed by atoms with van der Waals surface area (Å²) in [5, 5.41) is 5.49. The molecule has 0 aliphatic heterocycles. The van der Waals surface area contributed by atoms with Crippen molar-refractivity contribution in [1.29, 1.82) is 0 Å². The second-order valence-electron chi connectivity index (χ2n) is 6.33. The van der Waals surface area contributed by atoms with Gasteiger partial charge >= 0.3 is 0 Å². The molecule has 0 saturated carbocycles. The summed E-state index contributed by atoms with van der Waals surface area (Å²) in [7, 11) is 1.64. The summed E-state index contributed by atoms with van der Waals surface area (Å²) in [5.74, 6) is 1.30. The number of aromatic nitrogens is 2. The van der Waals surface area contributed by atoms with Gasteiger partial charge < -0.3 is 4.74 Å². The molecule has 3 aromatic rings. The number of carbonyl (C=O) groups excluding carboxylic acids is 1. The maximum Gasteiger partial charge on any atom is 0.213 e. The number of nitrogens with zero attached hydrogens (tertiary/aromatic N) is 2. The zero-order chi connectivity index (χ0) is 17.1. The van der Waals surface area contributed by atoms with Crippen LogP contribution in [0, 0.1) is 5.92 Å². The maximum atomic E-state index is 12.9. The Kier molecular flexibility index (Phi) is 4.65. The number of methoxy groups -OCH3 is 1. The number of fused-ring (bicyclic) bond motifs is 1. The molecule has 0 aliphatic rings. The average molecular weight is 322 g/mol. The molecule has 4 nitrogen and oxygen atoms in total. The largest absolute Gasteiger partial charge is 0.497 e. The molecule has 1 aromatic heterocycles. The molecule has 3 rings (SSSR count). The number of ether oxygens (including phenoxy) is 1. The van der Waals surface area contributed by atoms with Crippen LogP contribution in [-0.2, 0) is 6.54 Å². The summed E-state index contributed by atoms with van der Waals surface area (Å²) in [5.41, 5.74) is 2.10. The quantitative estimate of drug-likeness (QED) is 0.635. The summed E-state index contributed by atoms with van der Waals surface area (Å²) in [4.78, 5) is 12.9. The number of aryl methyl sites for hydroxylation is 1. The molecule has 0 saturated heterocycles. The molecule has 1 heterocycles. The minimum Gasteiger partial charge on any atom is -0.497 e. The molecule has 0 N–H and O–H groups in total. The van der Waals surface area contributed by atoms with Crippen LogP contribution in [0.2, 0.25) is 0 Å². The van der Waals surface area contributed by atoms with Gasteiger partial charge in [0.15, 0.2) is 0 Å². The maximum absolute atomic E-state index is 12.9. The highest BCUT2D eigenvalue weighted by atomic mass is 16.5. The molecule has 0 fully saturated rings. The van der Waals surface area contributed by atoms with Crippen LogP contribution in [0.25, 0.3) is 10.9 Å². The molecule has 0 amide bonds. The fourth-order valence-electron chi connectivity index (χ4n) is 2.73. The fraction of sp³-hybridized carbons (Fsp3) is 0.300. The van der Waals surface area contributed by atoms with Gasteiger partial charge in [0, 0.05) is 23.6 Å². The number of hydrogen-bond donors (Lipinski definition) is 0. The lowest BCUT2D eigenvalue weighted by Gasteiger charge is -2.06. The Balaban J connectivity index is 2.09. The monoisotopic (exact) mass is 322 g/mol. The van der Waals surface area contributed by atoms with Crippen LogP contribution in [0.1, 0.15) is 36.3 Å². The summed E-state index contributed by atoms with van der Waals surface area (Å²) in [6, 6.07) is 15.0. The molecule has 0 aliphatic carbocycles. The first-order chi connectivity index (χ1) is 11.6. The van der Waals surface area contributed by atoms with Crippen LogP contribution < -0.4 is 4.74 Å². The van der Waals surface area contributed by atoms with Gasteiger partial charge in [-0.05, 0) is 24.5 Å². The van der Waals surface area contributed by atoms with Crippen LogP contribution in [0.3, 0.4) is 0 Å². The first kappa shape index (κ1) is 16.2. The Morgan fingerprint density at radius 2 is 1.92 bits per heavy atom. The van der Waals surface area contributed by atoms with Crippen LogP contribution in [0.15, 0.2) is 48.5 Å². The lowest BCUT2D eigenvalue weighted by Crippen LogP contribution is -2.06. The average Bonchev–Trinajstić information content (AvgIpc) is 2.97. The zero-order valence-electron chi connectivity index (χ0n) is 14.3. The summed E-state index contributed by atoms with van der Waals surface area (Å²) >= 11 is 0. The lowest BCUT2D eigenvalue weighted by atomic mass is 10.1. The van der Waals surface area contributed by atoms with E-state index in [0.717, 1.165) is 29.6 Å². The van der Waals surface area contributed by atoms with Gasteiger partial charge in [0.05, 0.1) is 12.6 Å².